The number of carbonyl (C=O) groups excluding carboxylic acids is 1. The molecular formula is C16H18N4O2. The van der Waals surface area contributed by atoms with E-state index in [0.717, 1.165) is 24.2 Å². The first-order chi connectivity index (χ1) is 10.7. The van der Waals surface area contributed by atoms with Gasteiger partial charge >= 0.3 is 6.01 Å². The van der Waals surface area contributed by atoms with Crippen molar-refractivity contribution in [3.8, 4) is 17.3 Å². The van der Waals surface area contributed by atoms with Gasteiger partial charge < -0.3 is 10.5 Å². The summed E-state index contributed by atoms with van der Waals surface area (Å²) < 4.78 is 5.83. The number of likely N-dealkylation sites (tertiary alicyclic amines) is 1. The molecule has 2 heterocycles. The van der Waals surface area contributed by atoms with Gasteiger partial charge in [0.25, 0.3) is 0 Å². The van der Waals surface area contributed by atoms with Gasteiger partial charge in [-0.2, -0.15) is 4.98 Å². The van der Waals surface area contributed by atoms with Crippen LogP contribution in [0.15, 0.2) is 42.6 Å². The third-order valence-corrected chi connectivity index (χ3v) is 3.58. The zero-order valence-corrected chi connectivity index (χ0v) is 12.2. The number of amides is 1. The molecule has 1 unspecified atom stereocenters. The summed E-state index contributed by atoms with van der Waals surface area (Å²) in [5.74, 6) is -0.317. The van der Waals surface area contributed by atoms with E-state index in [9.17, 15) is 4.79 Å². The highest BCUT2D eigenvalue weighted by Gasteiger charge is 2.25. The highest BCUT2D eigenvalue weighted by molar-refractivity contribution is 5.75. The molecule has 1 aliphatic heterocycles. The first kappa shape index (κ1) is 14.5. The van der Waals surface area contributed by atoms with Crippen molar-refractivity contribution < 1.29 is 9.53 Å². The minimum Gasteiger partial charge on any atom is -0.459 e. The Balaban J connectivity index is 1.65. The van der Waals surface area contributed by atoms with E-state index in [0.29, 0.717) is 12.6 Å². The van der Waals surface area contributed by atoms with Gasteiger partial charge in [0.2, 0.25) is 5.91 Å². The van der Waals surface area contributed by atoms with Gasteiger partial charge in [-0.1, -0.05) is 30.3 Å². The van der Waals surface area contributed by atoms with Gasteiger partial charge in [0.1, 0.15) is 6.10 Å². The molecule has 6 nitrogen and oxygen atoms in total. The fourth-order valence-corrected chi connectivity index (χ4v) is 2.57. The van der Waals surface area contributed by atoms with Crippen LogP contribution >= 0.6 is 0 Å². The van der Waals surface area contributed by atoms with E-state index in [4.69, 9.17) is 10.5 Å². The monoisotopic (exact) mass is 298 g/mol. The topological polar surface area (TPSA) is 81.3 Å². The molecule has 1 aliphatic rings. The SMILES string of the molecule is NC(=O)CN1CCC(Oc2nccc(-c3ccccc3)n2)C1. The lowest BCUT2D eigenvalue weighted by Gasteiger charge is -2.14. The molecule has 2 aromatic rings. The highest BCUT2D eigenvalue weighted by atomic mass is 16.5. The minimum atomic E-state index is -0.317. The molecule has 22 heavy (non-hydrogen) atoms. The molecule has 1 atom stereocenters. The Morgan fingerprint density at radius 2 is 2.14 bits per heavy atom. The van der Waals surface area contributed by atoms with E-state index < -0.39 is 0 Å². The normalized spacial score (nSPS) is 18.3. The Hall–Kier alpha value is -2.47. The zero-order valence-electron chi connectivity index (χ0n) is 12.2. The summed E-state index contributed by atoms with van der Waals surface area (Å²) in [6.07, 6.45) is 2.53. The predicted molar refractivity (Wildman–Crippen MR) is 82.1 cm³/mol. The molecular weight excluding hydrogens is 280 g/mol. The number of primary amides is 1. The van der Waals surface area contributed by atoms with Crippen molar-refractivity contribution in [3.63, 3.8) is 0 Å². The maximum absolute atomic E-state index is 10.9. The van der Waals surface area contributed by atoms with Crippen LogP contribution in [0.25, 0.3) is 11.3 Å². The molecule has 1 amide bonds. The number of hydrogen-bond acceptors (Lipinski definition) is 5. The second-order valence-electron chi connectivity index (χ2n) is 5.32. The lowest BCUT2D eigenvalue weighted by molar-refractivity contribution is -0.118. The fourth-order valence-electron chi connectivity index (χ4n) is 2.57. The number of rotatable bonds is 5. The molecule has 0 bridgehead atoms. The van der Waals surface area contributed by atoms with Crippen LogP contribution in [0.2, 0.25) is 0 Å². The Labute approximate surface area is 128 Å². The summed E-state index contributed by atoms with van der Waals surface area (Å²) in [7, 11) is 0. The second-order valence-corrected chi connectivity index (χ2v) is 5.32. The van der Waals surface area contributed by atoms with Crippen LogP contribution < -0.4 is 10.5 Å². The average Bonchev–Trinajstić information content (AvgIpc) is 2.94. The summed E-state index contributed by atoms with van der Waals surface area (Å²) in [6.45, 7) is 1.73. The third-order valence-electron chi connectivity index (χ3n) is 3.58. The van der Waals surface area contributed by atoms with Crippen molar-refractivity contribution in [1.29, 1.82) is 0 Å². The summed E-state index contributed by atoms with van der Waals surface area (Å²) in [4.78, 5) is 21.5. The van der Waals surface area contributed by atoms with Gasteiger partial charge in [-0.25, -0.2) is 4.98 Å². The molecule has 0 aliphatic carbocycles. The molecule has 2 N–H and O–H groups in total. The van der Waals surface area contributed by atoms with E-state index in [1.54, 1.807) is 6.20 Å². The Morgan fingerprint density at radius 1 is 1.32 bits per heavy atom. The smallest absolute Gasteiger partial charge is 0.317 e. The van der Waals surface area contributed by atoms with E-state index in [2.05, 4.69) is 9.97 Å². The van der Waals surface area contributed by atoms with Crippen molar-refractivity contribution >= 4 is 5.91 Å². The number of aromatic nitrogens is 2. The maximum Gasteiger partial charge on any atom is 0.317 e. The quantitative estimate of drug-likeness (QED) is 0.893. The molecule has 3 rings (SSSR count). The van der Waals surface area contributed by atoms with Crippen molar-refractivity contribution in [2.75, 3.05) is 19.6 Å². The lowest BCUT2D eigenvalue weighted by atomic mass is 10.1. The summed E-state index contributed by atoms with van der Waals surface area (Å²) >= 11 is 0. The molecule has 114 valence electrons. The zero-order chi connectivity index (χ0) is 15.4. The van der Waals surface area contributed by atoms with Gasteiger partial charge in [0.05, 0.1) is 12.2 Å². The van der Waals surface area contributed by atoms with Gasteiger partial charge in [-0.15, -0.1) is 0 Å². The van der Waals surface area contributed by atoms with Crippen LogP contribution in [0.5, 0.6) is 6.01 Å². The molecule has 1 saturated heterocycles. The first-order valence-corrected chi connectivity index (χ1v) is 7.26. The van der Waals surface area contributed by atoms with Crippen LogP contribution in [0.4, 0.5) is 0 Å². The Morgan fingerprint density at radius 3 is 2.91 bits per heavy atom. The molecule has 0 radical (unpaired) electrons. The third kappa shape index (κ3) is 3.59. The van der Waals surface area contributed by atoms with Crippen LogP contribution in [-0.4, -0.2) is 46.5 Å². The first-order valence-electron chi connectivity index (χ1n) is 7.26. The number of nitrogens with two attached hydrogens (primary N) is 1. The fraction of sp³-hybridized carbons (Fsp3) is 0.312. The highest BCUT2D eigenvalue weighted by Crippen LogP contribution is 2.20. The number of ether oxygens (including phenoxy) is 1. The summed E-state index contributed by atoms with van der Waals surface area (Å²) in [5.41, 5.74) is 7.06. The Bertz CT molecular complexity index is 648. The number of nitrogens with zero attached hydrogens (tertiary/aromatic N) is 3. The van der Waals surface area contributed by atoms with E-state index in [1.165, 1.54) is 0 Å². The minimum absolute atomic E-state index is 0.00891. The molecule has 6 heteroatoms. The van der Waals surface area contributed by atoms with Gasteiger partial charge in [0, 0.05) is 24.8 Å². The molecule has 1 aromatic heterocycles. The maximum atomic E-state index is 10.9. The van der Waals surface area contributed by atoms with E-state index >= 15 is 0 Å². The number of hydrogen-bond donors (Lipinski definition) is 1. The van der Waals surface area contributed by atoms with Crippen LogP contribution in [-0.2, 0) is 4.79 Å². The largest absolute Gasteiger partial charge is 0.459 e. The summed E-state index contributed by atoms with van der Waals surface area (Å²) in [5, 5.41) is 0. The van der Waals surface area contributed by atoms with Gasteiger partial charge in [0.15, 0.2) is 0 Å². The van der Waals surface area contributed by atoms with Gasteiger partial charge in [-0.3, -0.25) is 9.69 Å². The molecule has 0 saturated carbocycles. The van der Waals surface area contributed by atoms with E-state index in [1.807, 2.05) is 41.3 Å². The molecule has 1 fully saturated rings. The van der Waals surface area contributed by atoms with Crippen molar-refractivity contribution in [2.45, 2.75) is 12.5 Å². The molecule has 0 spiro atoms. The molecule has 1 aromatic carbocycles. The van der Waals surface area contributed by atoms with Crippen molar-refractivity contribution in [3.05, 3.63) is 42.6 Å². The van der Waals surface area contributed by atoms with Crippen LogP contribution in [0, 0.1) is 0 Å². The van der Waals surface area contributed by atoms with E-state index in [-0.39, 0.29) is 18.6 Å². The van der Waals surface area contributed by atoms with Crippen LogP contribution in [0.1, 0.15) is 6.42 Å². The van der Waals surface area contributed by atoms with Gasteiger partial charge in [-0.05, 0) is 12.5 Å². The summed E-state index contributed by atoms with van der Waals surface area (Å²) in [6, 6.07) is 12.1. The Kier molecular flexibility index (Phi) is 4.29. The average molecular weight is 298 g/mol. The number of benzene rings is 1. The van der Waals surface area contributed by atoms with Crippen LogP contribution in [0.3, 0.4) is 0 Å². The standard InChI is InChI=1S/C16H18N4O2/c17-15(21)11-20-9-7-13(10-20)22-16-18-8-6-14(19-16)12-4-2-1-3-5-12/h1-6,8,13H,7,9-11H2,(H2,17,21). The number of carbonyl (C=O) groups is 1. The van der Waals surface area contributed by atoms with Crippen molar-refractivity contribution in [1.82, 2.24) is 14.9 Å². The second kappa shape index (κ2) is 6.53. The lowest BCUT2D eigenvalue weighted by Crippen LogP contribution is -2.33. The predicted octanol–water partition coefficient (Wildman–Crippen LogP) is 1.08. The van der Waals surface area contributed by atoms with Crippen molar-refractivity contribution in [2.24, 2.45) is 5.73 Å².